The second-order valence-electron chi connectivity index (χ2n) is 5.82. The Bertz CT molecular complexity index is 548. The van der Waals surface area contributed by atoms with E-state index in [1.807, 2.05) is 6.92 Å². The van der Waals surface area contributed by atoms with Gasteiger partial charge in [-0.1, -0.05) is 6.07 Å². The van der Waals surface area contributed by atoms with Gasteiger partial charge in [0, 0.05) is 23.5 Å². The Morgan fingerprint density at radius 2 is 2.17 bits per heavy atom. The summed E-state index contributed by atoms with van der Waals surface area (Å²) in [5.41, 5.74) is 5.25. The Labute approximate surface area is 138 Å². The van der Waals surface area contributed by atoms with Crippen LogP contribution in [-0.2, 0) is 11.0 Å². The third-order valence-electron chi connectivity index (χ3n) is 4.00. The van der Waals surface area contributed by atoms with Crippen LogP contribution in [0.2, 0.25) is 0 Å². The molecule has 1 saturated heterocycles. The number of piperidine rings is 1. The van der Waals surface area contributed by atoms with E-state index < -0.39 is 11.7 Å². The maximum absolute atomic E-state index is 12.7. The summed E-state index contributed by atoms with van der Waals surface area (Å²) in [6.07, 6.45) is -1.48. The minimum absolute atomic E-state index is 0.0263. The normalized spacial score (nSPS) is 20.4. The number of thioether (sulfide) groups is 1. The molecule has 128 valence electrons. The second-order valence-corrected chi connectivity index (χ2v) is 6.87. The minimum atomic E-state index is -4.37. The summed E-state index contributed by atoms with van der Waals surface area (Å²) in [6.45, 7) is 2.56. The highest BCUT2D eigenvalue weighted by Gasteiger charge is 2.31. The van der Waals surface area contributed by atoms with Crippen molar-refractivity contribution in [3.8, 4) is 0 Å². The topological polar surface area (TPSA) is 46.3 Å². The molecule has 0 aromatic heterocycles. The SMILES string of the molecule is CC(N)C1CCCCN1C(=O)CSc1cccc(C(F)(F)F)c1. The molecular weight excluding hydrogens is 325 g/mol. The molecule has 3 nitrogen and oxygen atoms in total. The third kappa shape index (κ3) is 4.88. The van der Waals surface area contributed by atoms with Gasteiger partial charge in [0.25, 0.3) is 0 Å². The molecule has 2 rings (SSSR count). The Balaban J connectivity index is 1.98. The lowest BCUT2D eigenvalue weighted by molar-refractivity contribution is -0.137. The van der Waals surface area contributed by atoms with Gasteiger partial charge in [-0.2, -0.15) is 13.2 Å². The number of nitrogens with two attached hydrogens (primary N) is 1. The summed E-state index contributed by atoms with van der Waals surface area (Å²) in [5.74, 6) is 0.0688. The number of halogens is 3. The molecule has 0 spiro atoms. The largest absolute Gasteiger partial charge is 0.416 e. The first-order chi connectivity index (χ1) is 10.8. The van der Waals surface area contributed by atoms with E-state index in [1.54, 1.807) is 11.0 Å². The lowest BCUT2D eigenvalue weighted by Crippen LogP contribution is -2.52. The molecule has 1 fully saturated rings. The van der Waals surface area contributed by atoms with Crippen LogP contribution in [0, 0.1) is 0 Å². The molecule has 7 heteroatoms. The zero-order valence-electron chi connectivity index (χ0n) is 13.0. The van der Waals surface area contributed by atoms with E-state index >= 15 is 0 Å². The molecule has 0 radical (unpaired) electrons. The van der Waals surface area contributed by atoms with Crippen molar-refractivity contribution in [1.29, 1.82) is 0 Å². The quantitative estimate of drug-likeness (QED) is 0.849. The van der Waals surface area contributed by atoms with Crippen molar-refractivity contribution >= 4 is 17.7 Å². The van der Waals surface area contributed by atoms with Gasteiger partial charge in [0.15, 0.2) is 0 Å². The van der Waals surface area contributed by atoms with Crippen molar-refractivity contribution < 1.29 is 18.0 Å². The van der Waals surface area contributed by atoms with E-state index in [0.717, 1.165) is 43.2 Å². The van der Waals surface area contributed by atoms with Gasteiger partial charge < -0.3 is 10.6 Å². The number of hydrogen-bond donors (Lipinski definition) is 1. The van der Waals surface area contributed by atoms with Gasteiger partial charge in [0.1, 0.15) is 0 Å². The molecule has 0 saturated carbocycles. The van der Waals surface area contributed by atoms with Gasteiger partial charge in [-0.3, -0.25) is 4.79 Å². The highest BCUT2D eigenvalue weighted by molar-refractivity contribution is 8.00. The molecular formula is C16H21F3N2OS. The van der Waals surface area contributed by atoms with Gasteiger partial charge >= 0.3 is 6.18 Å². The molecule has 2 atom stereocenters. The highest BCUT2D eigenvalue weighted by Crippen LogP contribution is 2.32. The molecule has 1 aliphatic rings. The van der Waals surface area contributed by atoms with Crippen LogP contribution in [0.5, 0.6) is 0 Å². The van der Waals surface area contributed by atoms with E-state index in [-0.39, 0.29) is 23.7 Å². The van der Waals surface area contributed by atoms with Gasteiger partial charge in [-0.05, 0) is 44.4 Å². The fraction of sp³-hybridized carbons (Fsp3) is 0.562. The zero-order chi connectivity index (χ0) is 17.0. The van der Waals surface area contributed by atoms with Crippen LogP contribution in [0.4, 0.5) is 13.2 Å². The second kappa shape index (κ2) is 7.57. The summed E-state index contributed by atoms with van der Waals surface area (Å²) < 4.78 is 38.1. The highest BCUT2D eigenvalue weighted by atomic mass is 32.2. The molecule has 1 aromatic carbocycles. The van der Waals surface area contributed by atoms with Crippen molar-refractivity contribution in [1.82, 2.24) is 4.90 Å². The van der Waals surface area contributed by atoms with E-state index in [9.17, 15) is 18.0 Å². The van der Waals surface area contributed by atoms with Gasteiger partial charge in [-0.25, -0.2) is 0 Å². The fourth-order valence-electron chi connectivity index (χ4n) is 2.80. The van der Waals surface area contributed by atoms with Crippen LogP contribution in [0.15, 0.2) is 29.2 Å². The predicted octanol–water partition coefficient (Wildman–Crippen LogP) is 3.53. The first-order valence-corrected chi connectivity index (χ1v) is 8.62. The zero-order valence-corrected chi connectivity index (χ0v) is 13.8. The number of nitrogens with zero attached hydrogens (tertiary/aromatic N) is 1. The lowest BCUT2D eigenvalue weighted by Gasteiger charge is -2.38. The maximum atomic E-state index is 12.7. The molecule has 0 bridgehead atoms. The summed E-state index contributed by atoms with van der Waals surface area (Å²) in [6, 6.07) is 4.99. The number of likely N-dealkylation sites (tertiary alicyclic amines) is 1. The average Bonchev–Trinajstić information content (AvgIpc) is 2.52. The number of carbonyl (C=O) groups is 1. The van der Waals surface area contributed by atoms with Crippen LogP contribution in [0.1, 0.15) is 31.7 Å². The number of rotatable bonds is 4. The summed E-state index contributed by atoms with van der Waals surface area (Å²) >= 11 is 1.13. The molecule has 1 heterocycles. The van der Waals surface area contributed by atoms with Crippen LogP contribution in [-0.4, -0.2) is 35.2 Å². The third-order valence-corrected chi connectivity index (χ3v) is 4.98. The van der Waals surface area contributed by atoms with Gasteiger partial charge in [0.05, 0.1) is 11.3 Å². The molecule has 1 aromatic rings. The van der Waals surface area contributed by atoms with Crippen molar-refractivity contribution in [2.24, 2.45) is 5.73 Å². The van der Waals surface area contributed by atoms with Crippen molar-refractivity contribution in [3.63, 3.8) is 0 Å². The Morgan fingerprint density at radius 1 is 1.43 bits per heavy atom. The number of hydrogen-bond acceptors (Lipinski definition) is 3. The molecule has 1 aliphatic heterocycles. The lowest BCUT2D eigenvalue weighted by atomic mass is 9.97. The predicted molar refractivity (Wildman–Crippen MR) is 85.2 cm³/mol. The summed E-state index contributed by atoms with van der Waals surface area (Å²) in [4.78, 5) is 14.6. The van der Waals surface area contributed by atoms with Crippen LogP contribution in [0.25, 0.3) is 0 Å². The minimum Gasteiger partial charge on any atom is -0.337 e. The van der Waals surface area contributed by atoms with E-state index in [1.165, 1.54) is 6.07 Å². The molecule has 2 N–H and O–H groups in total. The van der Waals surface area contributed by atoms with E-state index in [0.29, 0.717) is 11.4 Å². The van der Waals surface area contributed by atoms with Crippen molar-refractivity contribution in [3.05, 3.63) is 29.8 Å². The Kier molecular flexibility index (Phi) is 5.97. The number of alkyl halides is 3. The maximum Gasteiger partial charge on any atom is 0.416 e. The van der Waals surface area contributed by atoms with Crippen molar-refractivity contribution in [2.75, 3.05) is 12.3 Å². The molecule has 23 heavy (non-hydrogen) atoms. The first kappa shape index (κ1) is 18.1. The average molecular weight is 346 g/mol. The van der Waals surface area contributed by atoms with Crippen LogP contribution < -0.4 is 5.73 Å². The van der Waals surface area contributed by atoms with Gasteiger partial charge in [-0.15, -0.1) is 11.8 Å². The Hall–Kier alpha value is -1.21. The van der Waals surface area contributed by atoms with Gasteiger partial charge in [0.2, 0.25) is 5.91 Å². The molecule has 1 amide bonds. The monoisotopic (exact) mass is 346 g/mol. The van der Waals surface area contributed by atoms with Crippen LogP contribution >= 0.6 is 11.8 Å². The molecule has 0 aliphatic carbocycles. The summed E-state index contributed by atoms with van der Waals surface area (Å²) in [7, 11) is 0. The molecule has 2 unspecified atom stereocenters. The Morgan fingerprint density at radius 3 is 2.83 bits per heavy atom. The fourth-order valence-corrected chi connectivity index (χ4v) is 3.64. The van der Waals surface area contributed by atoms with Crippen LogP contribution in [0.3, 0.4) is 0 Å². The number of amides is 1. The van der Waals surface area contributed by atoms with Crippen molar-refractivity contribution in [2.45, 2.75) is 49.3 Å². The standard InChI is InChI=1S/C16H21F3N2OS/c1-11(20)14-7-2-3-8-21(14)15(22)10-23-13-6-4-5-12(9-13)16(17,18)19/h4-6,9,11,14H,2-3,7-8,10,20H2,1H3. The smallest absolute Gasteiger partial charge is 0.337 e. The number of carbonyl (C=O) groups excluding carboxylic acids is 1. The summed E-state index contributed by atoms with van der Waals surface area (Å²) in [5, 5.41) is 0. The number of benzene rings is 1. The first-order valence-electron chi connectivity index (χ1n) is 7.64. The van der Waals surface area contributed by atoms with E-state index in [2.05, 4.69) is 0 Å². The van der Waals surface area contributed by atoms with E-state index in [4.69, 9.17) is 5.73 Å².